The van der Waals surface area contributed by atoms with Crippen molar-refractivity contribution in [3.63, 3.8) is 0 Å². The van der Waals surface area contributed by atoms with Crippen LogP contribution >= 0.6 is 0 Å². The first kappa shape index (κ1) is 32.6. The predicted molar refractivity (Wildman–Crippen MR) is 232 cm³/mol. The molecule has 1 atom stereocenters. The summed E-state index contributed by atoms with van der Waals surface area (Å²) in [6, 6.07) is 70.5. The van der Waals surface area contributed by atoms with Crippen molar-refractivity contribution in [1.29, 1.82) is 0 Å². The average Bonchev–Trinajstić information content (AvgIpc) is 3.96. The Hall–Kier alpha value is -6.84. The van der Waals surface area contributed by atoms with E-state index in [0.29, 0.717) is 0 Å². The summed E-state index contributed by atoms with van der Waals surface area (Å²) >= 11 is 0. The number of fused-ring (bicyclic) bond motifs is 7. The first-order chi connectivity index (χ1) is 27.7. The molecule has 9 aromatic rings. The highest BCUT2D eigenvalue weighted by Crippen LogP contribution is 2.60. The molecule has 0 bridgehead atoms. The fourth-order valence-electron chi connectivity index (χ4n) is 9.81. The SMILES string of the molecule is c1ccc(-c2ccc3oc4ccc(N(c5ccccc5)c5cccc6c5[C@]5(CCc7cccc(N(c8ccccc8)c8ccccc8)c75)CC6)cc4c3c2)cc1. The summed E-state index contributed by atoms with van der Waals surface area (Å²) in [4.78, 5) is 4.97. The number of hydrogen-bond donors (Lipinski definition) is 0. The van der Waals surface area contributed by atoms with Gasteiger partial charge in [-0.3, -0.25) is 0 Å². The second kappa shape index (κ2) is 13.2. The molecule has 1 spiro atoms. The van der Waals surface area contributed by atoms with Crippen LogP contribution in [0.4, 0.5) is 34.1 Å². The van der Waals surface area contributed by atoms with Gasteiger partial charge >= 0.3 is 0 Å². The van der Waals surface area contributed by atoms with E-state index in [4.69, 9.17) is 4.42 Å². The van der Waals surface area contributed by atoms with Crippen molar-refractivity contribution in [2.24, 2.45) is 0 Å². The summed E-state index contributed by atoms with van der Waals surface area (Å²) in [6.45, 7) is 0. The molecule has 0 N–H and O–H groups in total. The van der Waals surface area contributed by atoms with Crippen molar-refractivity contribution in [2.45, 2.75) is 31.1 Å². The van der Waals surface area contributed by atoms with Gasteiger partial charge in [-0.05, 0) is 138 Å². The molecule has 0 unspecified atom stereocenters. The molecule has 3 nitrogen and oxygen atoms in total. The predicted octanol–water partition coefficient (Wildman–Crippen LogP) is 14.4. The van der Waals surface area contributed by atoms with E-state index in [-0.39, 0.29) is 5.41 Å². The van der Waals surface area contributed by atoms with Crippen LogP contribution in [0.2, 0.25) is 0 Å². The van der Waals surface area contributed by atoms with Crippen molar-refractivity contribution >= 4 is 56.1 Å². The van der Waals surface area contributed by atoms with E-state index in [2.05, 4.69) is 204 Å². The molecule has 0 radical (unpaired) electrons. The molecule has 0 fully saturated rings. The molecule has 8 aromatic carbocycles. The highest BCUT2D eigenvalue weighted by atomic mass is 16.3. The smallest absolute Gasteiger partial charge is 0.135 e. The van der Waals surface area contributed by atoms with Crippen molar-refractivity contribution in [3.8, 4) is 11.1 Å². The van der Waals surface area contributed by atoms with Gasteiger partial charge in [-0.2, -0.15) is 0 Å². The number of nitrogens with zero attached hydrogens (tertiary/aromatic N) is 2. The van der Waals surface area contributed by atoms with Gasteiger partial charge in [0.2, 0.25) is 0 Å². The lowest BCUT2D eigenvalue weighted by Crippen LogP contribution is -2.27. The van der Waals surface area contributed by atoms with Gasteiger partial charge < -0.3 is 14.2 Å². The van der Waals surface area contributed by atoms with Gasteiger partial charge in [-0.25, -0.2) is 0 Å². The standard InChI is InChI=1S/C53H40N2O/c1-5-15-37(16-6-1)40-27-29-49-45(35-40)46-36-44(28-30-50(46)56-49)55(43-23-11-4-12-24-43)48-26-14-18-39-32-34-53(52(39)48)33-31-38-17-13-25-47(51(38)53)54(41-19-7-2-8-20-41)42-21-9-3-10-22-42/h1-30,35-36H,31-34H2/t53-/m1/s1. The van der Waals surface area contributed by atoms with E-state index in [1.54, 1.807) is 0 Å². The van der Waals surface area contributed by atoms with Crippen LogP contribution in [0.15, 0.2) is 199 Å². The van der Waals surface area contributed by atoms with Crippen LogP contribution in [0.3, 0.4) is 0 Å². The number of anilines is 6. The van der Waals surface area contributed by atoms with Crippen LogP contribution in [0.25, 0.3) is 33.1 Å². The minimum Gasteiger partial charge on any atom is -0.456 e. The molecule has 1 heterocycles. The van der Waals surface area contributed by atoms with Gasteiger partial charge in [-0.1, -0.05) is 115 Å². The maximum absolute atomic E-state index is 6.46. The molecule has 11 rings (SSSR count). The molecule has 0 aliphatic heterocycles. The molecule has 3 heteroatoms. The zero-order valence-corrected chi connectivity index (χ0v) is 31.1. The number of para-hydroxylation sites is 3. The fraction of sp³-hybridized carbons (Fsp3) is 0.0943. The number of aryl methyl sites for hydroxylation is 2. The molecular weight excluding hydrogens is 681 g/mol. The summed E-state index contributed by atoms with van der Waals surface area (Å²) in [5.41, 5.74) is 17.0. The van der Waals surface area contributed by atoms with Crippen LogP contribution in [0.5, 0.6) is 0 Å². The summed E-state index contributed by atoms with van der Waals surface area (Å²) in [7, 11) is 0. The largest absolute Gasteiger partial charge is 0.456 e. The van der Waals surface area contributed by atoms with Crippen molar-refractivity contribution < 1.29 is 4.42 Å². The number of furan rings is 1. The third kappa shape index (κ3) is 5.19. The van der Waals surface area contributed by atoms with Crippen molar-refractivity contribution in [2.75, 3.05) is 9.80 Å². The van der Waals surface area contributed by atoms with Crippen LogP contribution in [0.1, 0.15) is 35.1 Å². The third-order valence-corrected chi connectivity index (χ3v) is 12.2. The van der Waals surface area contributed by atoms with Gasteiger partial charge in [-0.15, -0.1) is 0 Å². The molecule has 56 heavy (non-hydrogen) atoms. The minimum atomic E-state index is -0.149. The summed E-state index contributed by atoms with van der Waals surface area (Å²) in [5.74, 6) is 0. The molecule has 1 aromatic heterocycles. The quantitative estimate of drug-likeness (QED) is 0.163. The lowest BCUT2D eigenvalue weighted by atomic mass is 9.74. The highest BCUT2D eigenvalue weighted by molar-refractivity contribution is 6.08. The maximum Gasteiger partial charge on any atom is 0.135 e. The van der Waals surface area contributed by atoms with Crippen molar-refractivity contribution in [1.82, 2.24) is 0 Å². The number of benzene rings is 8. The fourth-order valence-corrected chi connectivity index (χ4v) is 9.81. The van der Waals surface area contributed by atoms with Gasteiger partial charge in [0.25, 0.3) is 0 Å². The zero-order valence-electron chi connectivity index (χ0n) is 31.1. The van der Waals surface area contributed by atoms with Gasteiger partial charge in [0.1, 0.15) is 11.2 Å². The van der Waals surface area contributed by atoms with E-state index in [1.807, 2.05) is 0 Å². The van der Waals surface area contributed by atoms with E-state index in [0.717, 1.165) is 59.0 Å². The van der Waals surface area contributed by atoms with E-state index < -0.39 is 0 Å². The Balaban J connectivity index is 1.12. The monoisotopic (exact) mass is 720 g/mol. The Morgan fingerprint density at radius 1 is 0.375 bits per heavy atom. The molecule has 2 aliphatic carbocycles. The van der Waals surface area contributed by atoms with Crippen molar-refractivity contribution in [3.05, 3.63) is 216 Å². The summed E-state index contributed by atoms with van der Waals surface area (Å²) in [5, 5.41) is 2.25. The molecule has 2 aliphatic rings. The van der Waals surface area contributed by atoms with Crippen LogP contribution in [0, 0.1) is 0 Å². The van der Waals surface area contributed by atoms with Gasteiger partial charge in [0.05, 0.1) is 11.4 Å². The van der Waals surface area contributed by atoms with Gasteiger partial charge in [0, 0.05) is 38.9 Å². The molecule has 0 amide bonds. The van der Waals surface area contributed by atoms with E-state index in [1.165, 1.54) is 56.1 Å². The first-order valence-corrected chi connectivity index (χ1v) is 19.8. The molecule has 268 valence electrons. The van der Waals surface area contributed by atoms with Crippen LogP contribution < -0.4 is 9.80 Å². The Kier molecular flexibility index (Phi) is 7.67. The topological polar surface area (TPSA) is 19.6 Å². The molecule has 0 saturated heterocycles. The van der Waals surface area contributed by atoms with E-state index in [9.17, 15) is 0 Å². The van der Waals surface area contributed by atoms with E-state index >= 15 is 0 Å². The van der Waals surface area contributed by atoms with Crippen LogP contribution in [-0.2, 0) is 18.3 Å². The summed E-state index contributed by atoms with van der Waals surface area (Å²) < 4.78 is 6.46. The second-order valence-electron chi connectivity index (χ2n) is 15.2. The Morgan fingerprint density at radius 2 is 0.839 bits per heavy atom. The number of rotatable bonds is 7. The molecule has 0 saturated carbocycles. The Labute approximate surface area is 327 Å². The van der Waals surface area contributed by atoms with Gasteiger partial charge in [0.15, 0.2) is 0 Å². The normalized spacial score (nSPS) is 15.6. The Morgan fingerprint density at radius 3 is 1.38 bits per heavy atom. The third-order valence-electron chi connectivity index (χ3n) is 12.2. The first-order valence-electron chi connectivity index (χ1n) is 19.8. The second-order valence-corrected chi connectivity index (χ2v) is 15.2. The summed E-state index contributed by atoms with van der Waals surface area (Å²) in [6.07, 6.45) is 4.26. The average molecular weight is 721 g/mol. The van der Waals surface area contributed by atoms with Crippen LogP contribution in [-0.4, -0.2) is 0 Å². The lowest BCUT2D eigenvalue weighted by molar-refractivity contribution is 0.508. The lowest BCUT2D eigenvalue weighted by Gasteiger charge is -2.37. The highest BCUT2D eigenvalue weighted by Gasteiger charge is 2.49. The molecular formula is C53H40N2O. The maximum atomic E-state index is 6.46. The Bertz CT molecular complexity index is 2820. The number of hydrogen-bond acceptors (Lipinski definition) is 3. The minimum absolute atomic E-state index is 0.149. The zero-order chi connectivity index (χ0) is 37.1.